The van der Waals surface area contributed by atoms with Crippen molar-refractivity contribution in [1.82, 2.24) is 0 Å². The van der Waals surface area contributed by atoms with Crippen LogP contribution >= 0.6 is 0 Å². The third kappa shape index (κ3) is 3.23. The summed E-state index contributed by atoms with van der Waals surface area (Å²) < 4.78 is 29.0. The fourth-order valence-electron chi connectivity index (χ4n) is 1.99. The third-order valence-electron chi connectivity index (χ3n) is 3.17. The van der Waals surface area contributed by atoms with Gasteiger partial charge in [-0.15, -0.1) is 0 Å². The van der Waals surface area contributed by atoms with Crippen LogP contribution in [0, 0.1) is 0 Å². The van der Waals surface area contributed by atoms with E-state index in [2.05, 4.69) is 0 Å². The van der Waals surface area contributed by atoms with Crippen LogP contribution in [0.5, 0.6) is 5.75 Å². The SMILES string of the molecule is CC[C@H]([C@@H](N)c1ccc(OC)cc1)S(=O)(=O)CC. The number of nitrogens with two attached hydrogens (primary N) is 1. The van der Waals surface area contributed by atoms with Gasteiger partial charge in [0.1, 0.15) is 5.75 Å². The van der Waals surface area contributed by atoms with Gasteiger partial charge in [-0.3, -0.25) is 0 Å². The van der Waals surface area contributed by atoms with Crippen LogP contribution in [0.25, 0.3) is 0 Å². The van der Waals surface area contributed by atoms with E-state index in [4.69, 9.17) is 10.5 Å². The maximum atomic E-state index is 12.0. The van der Waals surface area contributed by atoms with Crippen LogP contribution in [0.15, 0.2) is 24.3 Å². The van der Waals surface area contributed by atoms with Crippen LogP contribution in [-0.4, -0.2) is 26.5 Å². The number of hydrogen-bond donors (Lipinski definition) is 1. The van der Waals surface area contributed by atoms with E-state index in [9.17, 15) is 8.42 Å². The van der Waals surface area contributed by atoms with Gasteiger partial charge in [-0.2, -0.15) is 0 Å². The van der Waals surface area contributed by atoms with Crippen LogP contribution in [0.3, 0.4) is 0 Å². The van der Waals surface area contributed by atoms with Crippen molar-refractivity contribution in [1.29, 1.82) is 0 Å². The Morgan fingerprint density at radius 3 is 2.17 bits per heavy atom. The second-order valence-corrected chi connectivity index (χ2v) is 6.71. The standard InChI is InChI=1S/C13H21NO3S/c1-4-12(18(15,16)5-2)13(14)10-6-8-11(17-3)9-7-10/h6-9,12-13H,4-5,14H2,1-3H3/t12-,13+/m1/s1. The van der Waals surface area contributed by atoms with Crippen molar-refractivity contribution in [2.75, 3.05) is 12.9 Å². The van der Waals surface area contributed by atoms with Crippen LogP contribution in [0.4, 0.5) is 0 Å². The zero-order valence-corrected chi connectivity index (χ0v) is 11.9. The van der Waals surface area contributed by atoms with Gasteiger partial charge in [0.2, 0.25) is 0 Å². The van der Waals surface area contributed by atoms with Gasteiger partial charge in [0.05, 0.1) is 12.4 Å². The van der Waals surface area contributed by atoms with Crippen molar-refractivity contribution in [3.05, 3.63) is 29.8 Å². The highest BCUT2D eigenvalue weighted by molar-refractivity contribution is 7.92. The maximum absolute atomic E-state index is 12.0. The molecule has 0 heterocycles. The van der Waals surface area contributed by atoms with Crippen molar-refractivity contribution in [2.45, 2.75) is 31.6 Å². The molecule has 1 rings (SSSR count). The molecule has 0 bridgehead atoms. The van der Waals surface area contributed by atoms with Crippen molar-refractivity contribution in [2.24, 2.45) is 5.73 Å². The molecule has 0 saturated carbocycles. The molecular weight excluding hydrogens is 250 g/mol. The average Bonchev–Trinajstić information content (AvgIpc) is 2.39. The van der Waals surface area contributed by atoms with Crippen molar-refractivity contribution < 1.29 is 13.2 Å². The minimum absolute atomic E-state index is 0.120. The van der Waals surface area contributed by atoms with Crippen LogP contribution < -0.4 is 10.5 Å². The molecule has 0 saturated heterocycles. The highest BCUT2D eigenvalue weighted by atomic mass is 32.2. The lowest BCUT2D eigenvalue weighted by atomic mass is 10.0. The number of hydrogen-bond acceptors (Lipinski definition) is 4. The van der Waals surface area contributed by atoms with E-state index < -0.39 is 21.1 Å². The average molecular weight is 271 g/mol. The summed E-state index contributed by atoms with van der Waals surface area (Å²) in [7, 11) is -1.54. The molecule has 0 aliphatic heterocycles. The molecule has 0 aliphatic rings. The molecular formula is C13H21NO3S. The smallest absolute Gasteiger partial charge is 0.154 e. The van der Waals surface area contributed by atoms with Gasteiger partial charge in [-0.1, -0.05) is 26.0 Å². The summed E-state index contributed by atoms with van der Waals surface area (Å²) in [5.41, 5.74) is 6.90. The fraction of sp³-hybridized carbons (Fsp3) is 0.538. The second kappa shape index (κ2) is 6.20. The molecule has 5 heteroatoms. The molecule has 1 aromatic carbocycles. The summed E-state index contributed by atoms with van der Waals surface area (Å²) in [6.07, 6.45) is 0.517. The largest absolute Gasteiger partial charge is 0.497 e. The first-order chi connectivity index (χ1) is 8.46. The van der Waals surface area contributed by atoms with Gasteiger partial charge in [-0.25, -0.2) is 8.42 Å². The van der Waals surface area contributed by atoms with E-state index in [-0.39, 0.29) is 5.75 Å². The number of rotatable bonds is 6. The minimum Gasteiger partial charge on any atom is -0.497 e. The molecule has 2 atom stereocenters. The molecule has 4 nitrogen and oxygen atoms in total. The predicted molar refractivity (Wildman–Crippen MR) is 73.5 cm³/mol. The summed E-state index contributed by atoms with van der Waals surface area (Å²) in [4.78, 5) is 0. The maximum Gasteiger partial charge on any atom is 0.154 e. The summed E-state index contributed by atoms with van der Waals surface area (Å²) >= 11 is 0. The quantitative estimate of drug-likeness (QED) is 0.858. The predicted octanol–water partition coefficient (Wildman–Crippen LogP) is 1.91. The monoisotopic (exact) mass is 271 g/mol. The molecule has 1 aromatic rings. The Kier molecular flexibility index (Phi) is 5.16. The molecule has 18 heavy (non-hydrogen) atoms. The van der Waals surface area contributed by atoms with Crippen molar-refractivity contribution in [3.63, 3.8) is 0 Å². The van der Waals surface area contributed by atoms with Gasteiger partial charge in [0.25, 0.3) is 0 Å². The molecule has 102 valence electrons. The number of ether oxygens (including phenoxy) is 1. The Morgan fingerprint density at radius 1 is 1.22 bits per heavy atom. The Morgan fingerprint density at radius 2 is 1.78 bits per heavy atom. The highest BCUT2D eigenvalue weighted by Crippen LogP contribution is 2.24. The van der Waals surface area contributed by atoms with E-state index in [1.165, 1.54) is 0 Å². The molecule has 0 unspecified atom stereocenters. The molecule has 0 spiro atoms. The van der Waals surface area contributed by atoms with E-state index in [1.54, 1.807) is 26.2 Å². The summed E-state index contributed by atoms with van der Waals surface area (Å²) in [6, 6.07) is 6.72. The van der Waals surface area contributed by atoms with E-state index in [0.29, 0.717) is 6.42 Å². The number of methoxy groups -OCH3 is 1. The highest BCUT2D eigenvalue weighted by Gasteiger charge is 2.29. The van der Waals surface area contributed by atoms with Crippen LogP contribution in [0.2, 0.25) is 0 Å². The molecule has 2 N–H and O–H groups in total. The van der Waals surface area contributed by atoms with Crippen molar-refractivity contribution in [3.8, 4) is 5.75 Å². The lowest BCUT2D eigenvalue weighted by Crippen LogP contribution is -2.34. The van der Waals surface area contributed by atoms with E-state index in [0.717, 1.165) is 11.3 Å². The van der Waals surface area contributed by atoms with Gasteiger partial charge < -0.3 is 10.5 Å². The Bertz CT molecular complexity index is 468. The molecule has 0 fully saturated rings. The zero-order chi connectivity index (χ0) is 13.8. The zero-order valence-electron chi connectivity index (χ0n) is 11.1. The number of benzene rings is 1. The Hall–Kier alpha value is -1.07. The van der Waals surface area contributed by atoms with Gasteiger partial charge in [-0.05, 0) is 24.1 Å². The molecule has 0 radical (unpaired) electrons. The summed E-state index contributed by atoms with van der Waals surface area (Å²) in [5.74, 6) is 0.854. The lowest BCUT2D eigenvalue weighted by molar-refractivity contribution is 0.414. The van der Waals surface area contributed by atoms with Gasteiger partial charge in [0, 0.05) is 11.8 Å². The Labute approximate surface area is 109 Å². The fourth-order valence-corrected chi connectivity index (χ4v) is 3.53. The Balaban J connectivity index is 3.00. The van der Waals surface area contributed by atoms with Gasteiger partial charge in [0.15, 0.2) is 9.84 Å². The molecule has 0 aromatic heterocycles. The lowest BCUT2D eigenvalue weighted by Gasteiger charge is -2.22. The summed E-state index contributed by atoms with van der Waals surface area (Å²) in [5, 5.41) is -0.532. The third-order valence-corrected chi connectivity index (χ3v) is 5.52. The number of sulfone groups is 1. The summed E-state index contributed by atoms with van der Waals surface area (Å²) in [6.45, 7) is 3.50. The van der Waals surface area contributed by atoms with Crippen molar-refractivity contribution >= 4 is 9.84 Å². The van der Waals surface area contributed by atoms with Gasteiger partial charge >= 0.3 is 0 Å². The van der Waals surface area contributed by atoms with E-state index in [1.807, 2.05) is 19.1 Å². The minimum atomic E-state index is -3.13. The van der Waals surface area contributed by atoms with Crippen LogP contribution in [-0.2, 0) is 9.84 Å². The second-order valence-electron chi connectivity index (χ2n) is 4.20. The van der Waals surface area contributed by atoms with E-state index >= 15 is 0 Å². The van der Waals surface area contributed by atoms with Crippen LogP contribution in [0.1, 0.15) is 31.9 Å². The first-order valence-electron chi connectivity index (χ1n) is 6.07. The molecule has 0 aliphatic carbocycles. The molecule has 0 amide bonds. The first-order valence-corrected chi connectivity index (χ1v) is 7.78. The topological polar surface area (TPSA) is 69.4 Å². The first kappa shape index (κ1) is 15.0. The normalized spacial score (nSPS) is 15.1.